The fourth-order valence-electron chi connectivity index (χ4n) is 8.07. The van der Waals surface area contributed by atoms with Crippen molar-refractivity contribution in [1.82, 2.24) is 15.0 Å². The van der Waals surface area contributed by atoms with Crippen LogP contribution in [0.3, 0.4) is 0 Å². The zero-order chi connectivity index (χ0) is 34.2. The molecule has 2 aliphatic carbocycles. The average molecular weight is 856 g/mol. The molecule has 2 fully saturated rings. The summed E-state index contributed by atoms with van der Waals surface area (Å²) in [5, 5.41) is 3.66. The number of benzene rings is 2. The van der Waals surface area contributed by atoms with Crippen LogP contribution < -0.4 is 5.19 Å². The van der Waals surface area contributed by atoms with E-state index in [1.54, 1.807) is 10.8 Å². The summed E-state index contributed by atoms with van der Waals surface area (Å²) in [6.07, 6.45) is 14.9. The Kier molecular flexibility index (Phi) is 10.9. The van der Waals surface area contributed by atoms with Gasteiger partial charge in [-0.15, -0.1) is 59.7 Å². The van der Waals surface area contributed by atoms with Gasteiger partial charge in [-0.1, -0.05) is 82.3 Å². The molecule has 4 heterocycles. The van der Waals surface area contributed by atoms with Crippen LogP contribution in [0.25, 0.3) is 44.6 Å². The standard InChI is InChI=1S/C25H25N2O.C19H24NSi.Ir/c1-16-8-10-20-21-14-17(9-11-23(21)28-24(20)27-16)22-15-19(12-13-26-22)25(2,3)18-6-4-5-7-18;1-21(2,3)19-14-20-18(16-11-5-4-6-12-16)13-17(19)15-9-7-8-10-15;/h8,10-15,18H,4-7H2,1-3H3;4-6,11,13-15H,7-10H2,1-3H3;/q2*-1;. The minimum atomic E-state index is -1.34. The van der Waals surface area contributed by atoms with Crippen molar-refractivity contribution in [3.05, 3.63) is 108 Å². The summed E-state index contributed by atoms with van der Waals surface area (Å²) >= 11 is 0. The van der Waals surface area contributed by atoms with Gasteiger partial charge in [-0.3, -0.25) is 0 Å². The summed E-state index contributed by atoms with van der Waals surface area (Å²) in [4.78, 5) is 13.9. The minimum Gasteiger partial charge on any atom is -0.486 e. The summed E-state index contributed by atoms with van der Waals surface area (Å²) in [5.41, 5.74) is 9.74. The van der Waals surface area contributed by atoms with Gasteiger partial charge >= 0.3 is 0 Å². The molecule has 2 saturated carbocycles. The van der Waals surface area contributed by atoms with Crippen molar-refractivity contribution in [2.45, 2.75) is 103 Å². The predicted octanol–water partition coefficient (Wildman–Crippen LogP) is 11.4. The van der Waals surface area contributed by atoms with E-state index in [1.165, 1.54) is 56.9 Å². The van der Waals surface area contributed by atoms with Gasteiger partial charge in [0.2, 0.25) is 5.71 Å². The van der Waals surface area contributed by atoms with Gasteiger partial charge in [-0.2, -0.15) is 0 Å². The maximum Gasteiger partial charge on any atom is 0.216 e. The number of hydrogen-bond donors (Lipinski definition) is 0. The van der Waals surface area contributed by atoms with Gasteiger partial charge in [0.1, 0.15) is 0 Å². The smallest absolute Gasteiger partial charge is 0.216 e. The van der Waals surface area contributed by atoms with E-state index >= 15 is 0 Å². The van der Waals surface area contributed by atoms with E-state index in [4.69, 9.17) is 9.40 Å². The molecule has 1 radical (unpaired) electrons. The summed E-state index contributed by atoms with van der Waals surface area (Å²) in [7, 11) is -1.34. The van der Waals surface area contributed by atoms with Crippen LogP contribution in [0, 0.1) is 25.0 Å². The molecule has 4 nitrogen and oxygen atoms in total. The normalized spacial score (nSPS) is 15.6. The monoisotopic (exact) mass is 856 g/mol. The van der Waals surface area contributed by atoms with E-state index in [-0.39, 0.29) is 25.5 Å². The van der Waals surface area contributed by atoms with Crippen molar-refractivity contribution in [3.63, 3.8) is 0 Å². The zero-order valence-corrected chi connectivity index (χ0v) is 33.8. The molecule has 0 aliphatic heterocycles. The van der Waals surface area contributed by atoms with E-state index in [0.29, 0.717) is 5.71 Å². The van der Waals surface area contributed by atoms with Crippen LogP contribution in [0.5, 0.6) is 0 Å². The molecule has 4 aromatic heterocycles. The maximum absolute atomic E-state index is 5.91. The largest absolute Gasteiger partial charge is 0.486 e. The molecular formula is C44H49IrN3OSi-2. The molecule has 8 rings (SSSR count). The summed E-state index contributed by atoms with van der Waals surface area (Å²) < 4.78 is 5.91. The number of furan rings is 1. The molecule has 0 bridgehead atoms. The maximum atomic E-state index is 5.91. The Morgan fingerprint density at radius 2 is 1.54 bits per heavy atom. The number of hydrogen-bond acceptors (Lipinski definition) is 4. The molecule has 2 aromatic carbocycles. The molecular weight excluding hydrogens is 807 g/mol. The summed E-state index contributed by atoms with van der Waals surface area (Å²) in [6, 6.07) is 29.8. The Hall–Kier alpha value is -3.44. The summed E-state index contributed by atoms with van der Waals surface area (Å²) in [5.74, 6) is 1.50. The third-order valence-electron chi connectivity index (χ3n) is 11.1. The number of aryl methyl sites for hydroxylation is 1. The third-order valence-corrected chi connectivity index (χ3v) is 13.1. The van der Waals surface area contributed by atoms with Crippen LogP contribution in [0.15, 0.2) is 83.5 Å². The van der Waals surface area contributed by atoms with Crippen LogP contribution in [0.2, 0.25) is 19.6 Å². The molecule has 0 unspecified atom stereocenters. The van der Waals surface area contributed by atoms with Gasteiger partial charge in [-0.25, -0.2) is 4.98 Å². The second-order valence-electron chi connectivity index (χ2n) is 15.8. The van der Waals surface area contributed by atoms with Crippen LogP contribution in [0.1, 0.15) is 88.0 Å². The van der Waals surface area contributed by atoms with E-state index < -0.39 is 8.07 Å². The van der Waals surface area contributed by atoms with Crippen molar-refractivity contribution in [3.8, 4) is 22.5 Å². The predicted molar refractivity (Wildman–Crippen MR) is 206 cm³/mol. The molecule has 2 aliphatic rings. The Bertz CT molecular complexity index is 2070. The molecule has 0 N–H and O–H groups in total. The van der Waals surface area contributed by atoms with E-state index in [9.17, 15) is 0 Å². The molecule has 50 heavy (non-hydrogen) atoms. The quantitative estimate of drug-likeness (QED) is 0.124. The third kappa shape index (κ3) is 7.59. The van der Waals surface area contributed by atoms with Crippen LogP contribution in [-0.2, 0) is 25.5 Å². The van der Waals surface area contributed by atoms with Gasteiger partial charge in [0.05, 0.1) is 13.7 Å². The fourth-order valence-corrected chi connectivity index (χ4v) is 9.67. The Morgan fingerprint density at radius 3 is 2.26 bits per heavy atom. The number of rotatable bonds is 6. The number of nitrogens with zero attached hydrogens (tertiary/aromatic N) is 3. The fraction of sp³-hybridized carbons (Fsp3) is 0.386. The van der Waals surface area contributed by atoms with Crippen molar-refractivity contribution in [2.75, 3.05) is 0 Å². The SMILES string of the molecule is C[Si](C)(C)c1cnc(-c2[c-]cccc2)cc1C1CCCC1.Cc1ccc2c(n1)oc1c[c-]c(-c3cc(C(C)(C)C4CCCC4)ccn3)cc12.[Ir]. The molecule has 6 aromatic rings. The van der Waals surface area contributed by atoms with Crippen LogP contribution in [-0.4, -0.2) is 23.0 Å². The second-order valence-corrected chi connectivity index (χ2v) is 20.9. The molecule has 6 heteroatoms. The van der Waals surface area contributed by atoms with Gasteiger partial charge in [0, 0.05) is 43.6 Å². The molecule has 0 amide bonds. The van der Waals surface area contributed by atoms with E-state index in [1.807, 2.05) is 37.4 Å². The summed E-state index contributed by atoms with van der Waals surface area (Å²) in [6.45, 7) is 14.0. The Morgan fingerprint density at radius 1 is 0.800 bits per heavy atom. The molecule has 261 valence electrons. The second kappa shape index (κ2) is 15.0. The Labute approximate surface area is 312 Å². The number of aromatic nitrogens is 3. The van der Waals surface area contributed by atoms with E-state index in [0.717, 1.165) is 56.4 Å². The number of fused-ring (bicyclic) bond motifs is 3. The first-order valence-corrected chi connectivity index (χ1v) is 21.7. The molecule has 0 spiro atoms. The first kappa shape index (κ1) is 36.4. The van der Waals surface area contributed by atoms with E-state index in [2.05, 4.69) is 104 Å². The van der Waals surface area contributed by atoms with Gasteiger partial charge in [0.15, 0.2) is 0 Å². The number of pyridine rings is 3. The topological polar surface area (TPSA) is 51.8 Å². The average Bonchev–Trinajstić information content (AvgIpc) is 3.90. The minimum absolute atomic E-state index is 0. The first-order chi connectivity index (χ1) is 23.6. The van der Waals surface area contributed by atoms with Gasteiger partial charge in [-0.05, 0) is 90.2 Å². The zero-order valence-electron chi connectivity index (χ0n) is 30.4. The molecule has 0 atom stereocenters. The van der Waals surface area contributed by atoms with Crippen molar-refractivity contribution < 1.29 is 24.5 Å². The van der Waals surface area contributed by atoms with Gasteiger partial charge < -0.3 is 14.4 Å². The van der Waals surface area contributed by atoms with Crippen molar-refractivity contribution >= 4 is 35.3 Å². The Balaban J connectivity index is 0.000000177. The van der Waals surface area contributed by atoms with Crippen LogP contribution in [0.4, 0.5) is 0 Å². The van der Waals surface area contributed by atoms with Crippen LogP contribution >= 0.6 is 0 Å². The molecule has 0 saturated heterocycles. The van der Waals surface area contributed by atoms with Crippen molar-refractivity contribution in [2.24, 2.45) is 5.92 Å². The van der Waals surface area contributed by atoms with Gasteiger partial charge in [0.25, 0.3) is 0 Å². The van der Waals surface area contributed by atoms with Crippen molar-refractivity contribution in [1.29, 1.82) is 0 Å². The first-order valence-electron chi connectivity index (χ1n) is 18.2.